The van der Waals surface area contributed by atoms with E-state index >= 15 is 0 Å². The largest absolute Gasteiger partial charge is 0.748 e. The van der Waals surface area contributed by atoms with Crippen LogP contribution in [0.25, 0.3) is 0 Å². The fourth-order valence-electron chi connectivity index (χ4n) is 3.44. The first-order valence-electron chi connectivity index (χ1n) is 11.1. The van der Waals surface area contributed by atoms with Crippen LogP contribution in [0, 0.1) is 0 Å². The van der Waals surface area contributed by atoms with Crippen LogP contribution in [0.3, 0.4) is 0 Å². The normalized spacial score (nSPS) is 13.3. The van der Waals surface area contributed by atoms with E-state index in [2.05, 4.69) is 25.4 Å². The number of aryl methyl sites for hydroxylation is 1. The Labute approximate surface area is 215 Å². The minimum absolute atomic E-state index is 0.285. The summed E-state index contributed by atoms with van der Waals surface area (Å²) in [7, 11) is 1.25. The molecule has 0 spiro atoms. The Kier molecular flexibility index (Phi) is 10.4. The van der Waals surface area contributed by atoms with E-state index in [-0.39, 0.29) is 12.3 Å². The molecule has 1 unspecified atom stereocenters. The molecule has 0 radical (unpaired) electrons. The van der Waals surface area contributed by atoms with Crippen LogP contribution in [0.5, 0.6) is 0 Å². The van der Waals surface area contributed by atoms with Crippen molar-refractivity contribution < 1.29 is 27.4 Å². The van der Waals surface area contributed by atoms with Crippen LogP contribution < -0.4 is 16.1 Å². The van der Waals surface area contributed by atoms with Crippen molar-refractivity contribution >= 4 is 40.4 Å². The molecule has 0 bridgehead atoms. The predicted molar refractivity (Wildman–Crippen MR) is 136 cm³/mol. The lowest BCUT2D eigenvalue weighted by Crippen LogP contribution is -2.49. The third-order valence-electron chi connectivity index (χ3n) is 5.24. The maximum absolute atomic E-state index is 13.4. The van der Waals surface area contributed by atoms with Gasteiger partial charge in [0.25, 0.3) is 0 Å². The molecule has 2 amide bonds. The number of anilines is 1. The number of amides is 2. The number of hydrogen-bond acceptors (Lipinski definition) is 9. The van der Waals surface area contributed by atoms with Crippen molar-refractivity contribution in [3.05, 3.63) is 81.8 Å². The molecule has 0 aliphatic rings. The minimum atomic E-state index is -2.69. The number of rotatable bonds is 12. The second-order valence-electron chi connectivity index (χ2n) is 7.75. The molecule has 1 heterocycles. The summed E-state index contributed by atoms with van der Waals surface area (Å²) in [6.07, 6.45) is 0.776. The van der Waals surface area contributed by atoms with Crippen LogP contribution in [-0.2, 0) is 44.4 Å². The molecule has 0 saturated carbocycles. The first-order chi connectivity index (χ1) is 17.4. The van der Waals surface area contributed by atoms with Crippen LogP contribution in [0.1, 0.15) is 34.8 Å². The Hall–Kier alpha value is -3.32. The molecule has 10 nitrogen and oxygen atoms in total. The van der Waals surface area contributed by atoms with Gasteiger partial charge in [0.2, 0.25) is 5.91 Å². The lowest BCUT2D eigenvalue weighted by molar-refractivity contribution is -0.123. The number of aromatic nitrogens is 1. The highest BCUT2D eigenvalue weighted by Crippen LogP contribution is 2.23. The Balaban J connectivity index is 1.79. The highest BCUT2D eigenvalue weighted by atomic mass is 32.2. The molecule has 3 atom stereocenters. The summed E-state index contributed by atoms with van der Waals surface area (Å²) >= 11 is -1.17. The number of ether oxygens (including phenoxy) is 1. The van der Waals surface area contributed by atoms with Crippen LogP contribution in [0.4, 0.5) is 10.5 Å². The number of nitrogens with one attached hydrogen (secondary N) is 3. The molecule has 12 heteroatoms. The number of carbonyl (C=O) groups is 2. The Morgan fingerprint density at radius 2 is 1.75 bits per heavy atom. The van der Waals surface area contributed by atoms with E-state index < -0.39 is 29.5 Å². The second-order valence-corrected chi connectivity index (χ2v) is 9.27. The van der Waals surface area contributed by atoms with E-state index in [0.29, 0.717) is 17.8 Å². The van der Waals surface area contributed by atoms with Crippen molar-refractivity contribution in [3.63, 3.8) is 0 Å². The highest BCUT2D eigenvalue weighted by molar-refractivity contribution is 7.74. The molecule has 3 aromatic rings. The zero-order chi connectivity index (χ0) is 25.9. The van der Waals surface area contributed by atoms with Crippen molar-refractivity contribution in [3.8, 4) is 0 Å². The van der Waals surface area contributed by atoms with Crippen LogP contribution in [0.2, 0.25) is 0 Å². The third kappa shape index (κ3) is 8.41. The fourth-order valence-corrected chi connectivity index (χ4v) is 4.40. The van der Waals surface area contributed by atoms with E-state index in [1.807, 2.05) is 42.6 Å². The molecule has 0 fully saturated rings. The molecule has 3 N–H and O–H groups in total. The Bertz CT molecular complexity index is 1160. The maximum Gasteiger partial charge on any atom is 0.407 e. The molecule has 192 valence electrons. The van der Waals surface area contributed by atoms with Gasteiger partial charge in [0.15, 0.2) is 0 Å². The predicted octanol–water partition coefficient (Wildman–Crippen LogP) is 3.21. The van der Waals surface area contributed by atoms with E-state index in [0.717, 1.165) is 22.6 Å². The van der Waals surface area contributed by atoms with Crippen LogP contribution in [-0.4, -0.2) is 38.9 Å². The van der Waals surface area contributed by atoms with Crippen LogP contribution >= 0.6 is 11.3 Å². The summed E-state index contributed by atoms with van der Waals surface area (Å²) in [4.78, 5) is 30.0. The van der Waals surface area contributed by atoms with Gasteiger partial charge in [0.1, 0.15) is 17.4 Å². The molecule has 0 aliphatic heterocycles. The van der Waals surface area contributed by atoms with Gasteiger partial charge in [0, 0.05) is 11.8 Å². The SMILES string of the molecule is CCc1nc([C@H](Cc2ccc(NOS(=O)[O-])cc2)NC(=O)[C@H](Cc2ccccc2)NC(=O)OC)cs1. The molecular weight excluding hydrogens is 504 g/mol. The fraction of sp³-hybridized carbons (Fsp3) is 0.292. The first kappa shape index (κ1) is 27.3. The summed E-state index contributed by atoms with van der Waals surface area (Å²) in [5.74, 6) is -0.370. The van der Waals surface area contributed by atoms with Gasteiger partial charge < -0.3 is 19.9 Å². The van der Waals surface area contributed by atoms with Gasteiger partial charge in [-0.25, -0.2) is 14.0 Å². The van der Waals surface area contributed by atoms with Crippen molar-refractivity contribution in [2.24, 2.45) is 0 Å². The number of hydrogen-bond donors (Lipinski definition) is 3. The lowest BCUT2D eigenvalue weighted by Gasteiger charge is -2.23. The van der Waals surface area contributed by atoms with Gasteiger partial charge in [-0.05, 0) is 36.1 Å². The topological polar surface area (TPSA) is 142 Å². The summed E-state index contributed by atoms with van der Waals surface area (Å²) in [5, 5.41) is 8.51. The first-order valence-corrected chi connectivity index (χ1v) is 13.0. The molecular formula is C24H27N4O6S2-. The average molecular weight is 532 g/mol. The second kappa shape index (κ2) is 13.7. The third-order valence-corrected chi connectivity index (χ3v) is 6.47. The molecule has 3 rings (SSSR count). The number of thiazole rings is 1. The van der Waals surface area contributed by atoms with Crippen LogP contribution in [0.15, 0.2) is 60.0 Å². The number of carbonyl (C=O) groups excluding carboxylic acids is 2. The zero-order valence-electron chi connectivity index (χ0n) is 19.8. The average Bonchev–Trinajstić information content (AvgIpc) is 3.37. The lowest BCUT2D eigenvalue weighted by atomic mass is 10.0. The van der Waals surface area contributed by atoms with Crippen molar-refractivity contribution in [1.82, 2.24) is 15.6 Å². The highest BCUT2D eigenvalue weighted by Gasteiger charge is 2.26. The Morgan fingerprint density at radius 1 is 1.06 bits per heavy atom. The minimum Gasteiger partial charge on any atom is -0.748 e. The summed E-state index contributed by atoms with van der Waals surface area (Å²) in [6, 6.07) is 15.0. The monoisotopic (exact) mass is 531 g/mol. The summed E-state index contributed by atoms with van der Waals surface area (Å²) in [6.45, 7) is 2.01. The van der Waals surface area contributed by atoms with Crippen molar-refractivity contribution in [2.75, 3.05) is 12.6 Å². The van der Waals surface area contributed by atoms with Gasteiger partial charge in [0.05, 0.1) is 29.5 Å². The summed E-state index contributed by atoms with van der Waals surface area (Å²) < 4.78 is 30.2. The van der Waals surface area contributed by atoms with Gasteiger partial charge in [-0.3, -0.25) is 10.3 Å². The molecule has 36 heavy (non-hydrogen) atoms. The standard InChI is InChI=1S/C24H28N4O6S2/c1-3-22-25-21(15-35-22)19(13-17-9-11-18(12-10-17)28-34-36(31)32)26-23(29)20(27-24(30)33-2)14-16-7-5-4-6-8-16/h4-12,15,19-20,28H,3,13-14H2,1-2H3,(H,26,29)(H,27,30)(H,31,32)/p-1/t19-,20-/m0/s1. The van der Waals surface area contributed by atoms with Gasteiger partial charge in [-0.1, -0.05) is 49.4 Å². The molecule has 0 aliphatic carbocycles. The number of methoxy groups -OCH3 is 1. The van der Waals surface area contributed by atoms with E-state index in [1.165, 1.54) is 18.4 Å². The summed E-state index contributed by atoms with van der Waals surface area (Å²) in [5.41, 5.74) is 5.25. The van der Waals surface area contributed by atoms with Crippen molar-refractivity contribution in [2.45, 2.75) is 38.3 Å². The van der Waals surface area contributed by atoms with E-state index in [1.54, 1.807) is 24.3 Å². The van der Waals surface area contributed by atoms with Gasteiger partial charge in [-0.15, -0.1) is 11.3 Å². The number of benzene rings is 2. The molecule has 1 aromatic heterocycles. The van der Waals surface area contributed by atoms with E-state index in [4.69, 9.17) is 4.74 Å². The van der Waals surface area contributed by atoms with Gasteiger partial charge >= 0.3 is 6.09 Å². The smallest absolute Gasteiger partial charge is 0.407 e. The quantitative estimate of drug-likeness (QED) is 0.239. The molecule has 2 aromatic carbocycles. The van der Waals surface area contributed by atoms with Gasteiger partial charge in [-0.2, -0.15) is 4.28 Å². The maximum atomic E-state index is 13.4. The zero-order valence-corrected chi connectivity index (χ0v) is 21.4. The molecule has 0 saturated heterocycles. The Morgan fingerprint density at radius 3 is 2.36 bits per heavy atom. The van der Waals surface area contributed by atoms with Crippen molar-refractivity contribution in [1.29, 1.82) is 0 Å². The number of nitrogens with zero attached hydrogens (tertiary/aromatic N) is 1. The number of alkyl carbamates (subject to hydrolysis) is 1. The van der Waals surface area contributed by atoms with E-state index in [9.17, 15) is 18.4 Å².